The lowest BCUT2D eigenvalue weighted by Gasteiger charge is -2.34. The molecule has 0 spiro atoms. The van der Waals surface area contributed by atoms with E-state index in [4.69, 9.17) is 5.11 Å². The minimum absolute atomic E-state index is 0.0122. The number of aromatic hydroxyl groups is 1. The van der Waals surface area contributed by atoms with Gasteiger partial charge in [-0.25, -0.2) is 4.98 Å². The second-order valence-electron chi connectivity index (χ2n) is 4.20. The Morgan fingerprint density at radius 1 is 1.35 bits per heavy atom. The third-order valence-electron chi connectivity index (χ3n) is 2.94. The summed E-state index contributed by atoms with van der Waals surface area (Å²) >= 11 is 0. The Hall–Kier alpha value is -1.46. The number of hydrogen-bond donors (Lipinski definition) is 1. The smallest absolute Gasteiger partial charge is 0.393 e. The molecule has 1 aromatic rings. The molecule has 94 valence electrons. The highest BCUT2D eigenvalue weighted by atomic mass is 19.4. The first-order valence-corrected chi connectivity index (χ1v) is 5.43. The van der Waals surface area contributed by atoms with Gasteiger partial charge in [-0.1, -0.05) is 0 Å². The Balaban J connectivity index is 2.09. The van der Waals surface area contributed by atoms with Gasteiger partial charge >= 0.3 is 6.18 Å². The normalized spacial score (nSPS) is 21.6. The van der Waals surface area contributed by atoms with Gasteiger partial charge in [0.25, 0.3) is 0 Å². The van der Waals surface area contributed by atoms with Gasteiger partial charge in [-0.15, -0.1) is 0 Å². The molecule has 0 aromatic carbocycles. The van der Waals surface area contributed by atoms with Crippen molar-refractivity contribution in [2.45, 2.75) is 19.0 Å². The molecule has 1 saturated heterocycles. The topological polar surface area (TPSA) is 36.4 Å². The van der Waals surface area contributed by atoms with E-state index in [0.29, 0.717) is 18.8 Å². The van der Waals surface area contributed by atoms with Crippen LogP contribution in [-0.4, -0.2) is 29.4 Å². The van der Waals surface area contributed by atoms with Gasteiger partial charge < -0.3 is 10.0 Å². The van der Waals surface area contributed by atoms with E-state index in [1.807, 2.05) is 0 Å². The molecule has 1 fully saturated rings. The first-order chi connectivity index (χ1) is 7.97. The fourth-order valence-electron chi connectivity index (χ4n) is 2.02. The van der Waals surface area contributed by atoms with E-state index in [-0.39, 0.29) is 18.7 Å². The molecule has 2 rings (SSSR count). The van der Waals surface area contributed by atoms with Crippen LogP contribution >= 0.6 is 0 Å². The lowest BCUT2D eigenvalue weighted by Crippen LogP contribution is -2.42. The average Bonchev–Trinajstić information content (AvgIpc) is 2.29. The van der Waals surface area contributed by atoms with E-state index in [0.717, 1.165) is 0 Å². The molecule has 17 heavy (non-hydrogen) atoms. The van der Waals surface area contributed by atoms with Crippen LogP contribution in [0, 0.1) is 5.92 Å². The molecule has 0 aliphatic carbocycles. The van der Waals surface area contributed by atoms with Gasteiger partial charge in [-0.05, 0) is 25.0 Å². The summed E-state index contributed by atoms with van der Waals surface area (Å²) in [5, 5.41) is 9.08. The standard InChI is InChI=1S/C11H13F3N2O/c12-11(13,14)8-2-1-5-16(7-8)10-4-3-9(17)6-15-10/h3-4,6,8,17H,1-2,5,7H2. The molecular formula is C11H13F3N2O. The molecule has 1 atom stereocenters. The van der Waals surface area contributed by atoms with Crippen molar-refractivity contribution in [1.82, 2.24) is 4.98 Å². The molecule has 1 aliphatic rings. The van der Waals surface area contributed by atoms with E-state index in [1.54, 1.807) is 4.90 Å². The number of anilines is 1. The van der Waals surface area contributed by atoms with E-state index in [9.17, 15) is 13.2 Å². The fraction of sp³-hybridized carbons (Fsp3) is 0.545. The molecule has 0 saturated carbocycles. The number of piperidine rings is 1. The first kappa shape index (κ1) is 12.0. The summed E-state index contributed by atoms with van der Waals surface area (Å²) < 4.78 is 37.8. The van der Waals surface area contributed by atoms with Crippen molar-refractivity contribution in [3.8, 4) is 5.75 Å². The third kappa shape index (κ3) is 2.81. The van der Waals surface area contributed by atoms with Crippen molar-refractivity contribution in [3.63, 3.8) is 0 Å². The number of alkyl halides is 3. The van der Waals surface area contributed by atoms with Crippen molar-refractivity contribution in [1.29, 1.82) is 0 Å². The van der Waals surface area contributed by atoms with Crippen LogP contribution in [0.3, 0.4) is 0 Å². The van der Waals surface area contributed by atoms with Crippen LogP contribution < -0.4 is 4.90 Å². The summed E-state index contributed by atoms with van der Waals surface area (Å²) in [4.78, 5) is 5.54. The first-order valence-electron chi connectivity index (χ1n) is 5.43. The zero-order valence-corrected chi connectivity index (χ0v) is 9.11. The van der Waals surface area contributed by atoms with E-state index < -0.39 is 12.1 Å². The van der Waals surface area contributed by atoms with Crippen LogP contribution in [-0.2, 0) is 0 Å². The van der Waals surface area contributed by atoms with Crippen LogP contribution in [0.4, 0.5) is 19.0 Å². The van der Waals surface area contributed by atoms with Gasteiger partial charge in [0.1, 0.15) is 11.6 Å². The van der Waals surface area contributed by atoms with Crippen LogP contribution in [0.25, 0.3) is 0 Å². The molecule has 1 aromatic heterocycles. The molecule has 1 N–H and O–H groups in total. The molecule has 2 heterocycles. The van der Waals surface area contributed by atoms with E-state index in [1.165, 1.54) is 18.3 Å². The van der Waals surface area contributed by atoms with Crippen LogP contribution in [0.15, 0.2) is 18.3 Å². The Labute approximate surface area is 96.9 Å². The maximum atomic E-state index is 12.6. The van der Waals surface area contributed by atoms with Gasteiger partial charge in [0, 0.05) is 13.1 Å². The van der Waals surface area contributed by atoms with Crippen molar-refractivity contribution < 1.29 is 18.3 Å². The molecular weight excluding hydrogens is 233 g/mol. The second-order valence-corrected chi connectivity index (χ2v) is 4.20. The van der Waals surface area contributed by atoms with Gasteiger partial charge in [-0.3, -0.25) is 0 Å². The molecule has 1 unspecified atom stereocenters. The summed E-state index contributed by atoms with van der Waals surface area (Å²) in [6.07, 6.45) is -2.22. The van der Waals surface area contributed by atoms with Crippen LogP contribution in [0.1, 0.15) is 12.8 Å². The molecule has 3 nitrogen and oxygen atoms in total. The quantitative estimate of drug-likeness (QED) is 0.827. The number of halogens is 3. The van der Waals surface area contributed by atoms with Gasteiger partial charge in [-0.2, -0.15) is 13.2 Å². The average molecular weight is 246 g/mol. The highest BCUT2D eigenvalue weighted by Crippen LogP contribution is 2.34. The second kappa shape index (κ2) is 4.43. The number of pyridine rings is 1. The maximum Gasteiger partial charge on any atom is 0.393 e. The molecule has 1 aliphatic heterocycles. The highest BCUT2D eigenvalue weighted by molar-refractivity contribution is 5.41. The zero-order chi connectivity index (χ0) is 12.5. The van der Waals surface area contributed by atoms with Crippen molar-refractivity contribution in [2.75, 3.05) is 18.0 Å². The largest absolute Gasteiger partial charge is 0.506 e. The molecule has 0 amide bonds. The lowest BCUT2D eigenvalue weighted by atomic mass is 9.97. The van der Waals surface area contributed by atoms with Crippen LogP contribution in [0.5, 0.6) is 5.75 Å². The van der Waals surface area contributed by atoms with Gasteiger partial charge in [0.15, 0.2) is 0 Å². The Morgan fingerprint density at radius 3 is 2.71 bits per heavy atom. The number of aromatic nitrogens is 1. The fourth-order valence-corrected chi connectivity index (χ4v) is 2.02. The third-order valence-corrected chi connectivity index (χ3v) is 2.94. The van der Waals surface area contributed by atoms with Gasteiger partial charge in [0.05, 0.1) is 12.1 Å². The number of nitrogens with zero attached hydrogens (tertiary/aromatic N) is 2. The Morgan fingerprint density at radius 2 is 2.12 bits per heavy atom. The SMILES string of the molecule is Oc1ccc(N2CCCC(C(F)(F)F)C2)nc1. The van der Waals surface area contributed by atoms with Gasteiger partial charge in [0.2, 0.25) is 0 Å². The maximum absolute atomic E-state index is 12.6. The summed E-state index contributed by atoms with van der Waals surface area (Å²) in [6, 6.07) is 2.97. The number of rotatable bonds is 1. The Bertz CT molecular complexity index is 377. The summed E-state index contributed by atoms with van der Waals surface area (Å²) in [5.41, 5.74) is 0. The van der Waals surface area contributed by atoms with Crippen molar-refractivity contribution in [2.24, 2.45) is 5.92 Å². The molecule has 0 bridgehead atoms. The molecule has 0 radical (unpaired) electrons. The summed E-state index contributed by atoms with van der Waals surface area (Å²) in [7, 11) is 0. The van der Waals surface area contributed by atoms with E-state index >= 15 is 0 Å². The predicted octanol–water partition coefficient (Wildman–Crippen LogP) is 2.57. The minimum Gasteiger partial charge on any atom is -0.506 e. The molecule has 6 heteroatoms. The lowest BCUT2D eigenvalue weighted by molar-refractivity contribution is -0.176. The zero-order valence-electron chi connectivity index (χ0n) is 9.11. The van der Waals surface area contributed by atoms with E-state index in [2.05, 4.69) is 4.98 Å². The minimum atomic E-state index is -4.14. The predicted molar refractivity (Wildman–Crippen MR) is 56.9 cm³/mol. The number of hydrogen-bond acceptors (Lipinski definition) is 3. The highest BCUT2D eigenvalue weighted by Gasteiger charge is 2.41. The summed E-state index contributed by atoms with van der Waals surface area (Å²) in [6.45, 7) is 0.519. The monoisotopic (exact) mass is 246 g/mol. The van der Waals surface area contributed by atoms with Crippen LogP contribution in [0.2, 0.25) is 0 Å². The Kier molecular flexibility index (Phi) is 3.13. The van der Waals surface area contributed by atoms with Crippen molar-refractivity contribution in [3.05, 3.63) is 18.3 Å². The summed E-state index contributed by atoms with van der Waals surface area (Å²) in [5.74, 6) is -0.790. The van der Waals surface area contributed by atoms with Crippen molar-refractivity contribution >= 4 is 5.82 Å².